The van der Waals surface area contributed by atoms with Gasteiger partial charge in [-0.25, -0.2) is 0 Å². The van der Waals surface area contributed by atoms with Crippen LogP contribution in [0.3, 0.4) is 0 Å². The third-order valence-electron chi connectivity index (χ3n) is 9.26. The van der Waals surface area contributed by atoms with E-state index in [9.17, 15) is 0 Å². The molecule has 0 radical (unpaired) electrons. The summed E-state index contributed by atoms with van der Waals surface area (Å²) in [6.45, 7) is 0. The molecule has 7 rings (SSSR count). The Morgan fingerprint density at radius 2 is 1.21 bits per heavy atom. The topological polar surface area (TPSA) is 0 Å². The Kier molecular flexibility index (Phi) is 6.75. The van der Waals surface area contributed by atoms with E-state index in [2.05, 4.69) is 82.2 Å². The molecular formula is C35H32Cl2HfSi. The van der Waals surface area contributed by atoms with Gasteiger partial charge < -0.3 is 0 Å². The maximum atomic E-state index is 6.24. The van der Waals surface area contributed by atoms with Gasteiger partial charge in [-0.15, -0.1) is 0 Å². The molecule has 2 unspecified atom stereocenters. The molecule has 1 aliphatic heterocycles. The zero-order chi connectivity index (χ0) is 26.7. The van der Waals surface area contributed by atoms with Crippen molar-refractivity contribution in [3.8, 4) is 22.3 Å². The van der Waals surface area contributed by atoms with Gasteiger partial charge in [-0.05, 0) is 0 Å². The Labute approximate surface area is 248 Å². The van der Waals surface area contributed by atoms with E-state index in [0.29, 0.717) is 9.59 Å². The predicted octanol–water partition coefficient (Wildman–Crippen LogP) is 10.5. The van der Waals surface area contributed by atoms with Crippen molar-refractivity contribution < 1.29 is 20.0 Å². The van der Waals surface area contributed by atoms with E-state index in [1.54, 1.807) is 21.5 Å². The number of hydrogen-bond donors (Lipinski definition) is 0. The summed E-state index contributed by atoms with van der Waals surface area (Å²) in [5.41, 5.74) is 11.3. The Balaban J connectivity index is 1.33. The van der Waals surface area contributed by atoms with Crippen LogP contribution in [0, 0.1) is 0 Å². The molecular weight excluding hydrogens is 698 g/mol. The molecule has 1 saturated heterocycles. The van der Waals surface area contributed by atoms with Gasteiger partial charge in [-0.1, -0.05) is 0 Å². The van der Waals surface area contributed by atoms with Crippen LogP contribution in [0.1, 0.15) is 44.7 Å². The number of benzene rings is 4. The molecule has 0 nitrogen and oxygen atoms in total. The van der Waals surface area contributed by atoms with Crippen LogP contribution in [0.5, 0.6) is 0 Å². The first kappa shape index (κ1) is 26.0. The molecule has 0 N–H and O–H groups in total. The normalized spacial score (nSPS) is 21.5. The minimum atomic E-state index is -2.57. The second-order valence-corrected chi connectivity index (χ2v) is 33.1. The first-order valence-electron chi connectivity index (χ1n) is 14.1. The van der Waals surface area contributed by atoms with Gasteiger partial charge in [-0.3, -0.25) is 0 Å². The van der Waals surface area contributed by atoms with Gasteiger partial charge in [0.1, 0.15) is 0 Å². The molecule has 0 saturated carbocycles. The Hall–Kier alpha value is -1.97. The number of fused-ring (bicyclic) bond motifs is 6. The Morgan fingerprint density at radius 3 is 1.82 bits per heavy atom. The average molecular weight is 730 g/mol. The monoisotopic (exact) mass is 730 g/mol. The van der Waals surface area contributed by atoms with Gasteiger partial charge in [0, 0.05) is 0 Å². The van der Waals surface area contributed by atoms with Gasteiger partial charge in [0.2, 0.25) is 0 Å². The van der Waals surface area contributed by atoms with E-state index >= 15 is 0 Å². The van der Waals surface area contributed by atoms with E-state index in [1.807, 2.05) is 24.3 Å². The van der Waals surface area contributed by atoms with E-state index in [1.165, 1.54) is 50.4 Å². The van der Waals surface area contributed by atoms with E-state index in [4.69, 9.17) is 23.2 Å². The van der Waals surface area contributed by atoms with Gasteiger partial charge in [0.05, 0.1) is 0 Å². The standard InChI is InChI=1S/C33H26Cl2Si.2CH3.Hf/c1-2-5-30-29-9-4-8-28(22-12-16-25(35)17-13-22)32(29)20-33(30)36-26-18-23-6-3-7-27(31(23)19-26)21-10-14-24(34)15-11-21;;;/h3-4,6-20,30H,1-2,5,36H2;2*1H3;. The molecule has 4 aromatic carbocycles. The Morgan fingerprint density at radius 1 is 0.667 bits per heavy atom. The zero-order valence-electron chi connectivity index (χ0n) is 22.5. The quantitative estimate of drug-likeness (QED) is 0.180. The van der Waals surface area contributed by atoms with Crippen molar-refractivity contribution >= 4 is 44.9 Å². The average Bonchev–Trinajstić information content (AvgIpc) is 3.48. The molecule has 0 amide bonds. The van der Waals surface area contributed by atoms with Crippen LogP contribution in [0.25, 0.3) is 34.4 Å². The molecule has 39 heavy (non-hydrogen) atoms. The van der Waals surface area contributed by atoms with Crippen molar-refractivity contribution in [1.82, 2.24) is 0 Å². The van der Waals surface area contributed by atoms with Gasteiger partial charge in [-0.2, -0.15) is 0 Å². The molecule has 1 fully saturated rings. The first-order chi connectivity index (χ1) is 18.9. The SMILES string of the molecule is [CH3][Hf]1([CH3])[CH2]CCC2C(=Cc3c(-c4ccc(Cl)cc4)cccc32)[SiH2]C2=Cc3c(-c4ccc(Cl)cc4)cccc3[CH]21. The Bertz CT molecular complexity index is 1650. The molecule has 2 aliphatic carbocycles. The summed E-state index contributed by atoms with van der Waals surface area (Å²) in [6, 6.07) is 30.8. The summed E-state index contributed by atoms with van der Waals surface area (Å²) in [6.07, 6.45) is 7.90. The summed E-state index contributed by atoms with van der Waals surface area (Å²) in [5.74, 6) is 0.585. The summed E-state index contributed by atoms with van der Waals surface area (Å²) in [4.78, 5) is 0. The van der Waals surface area contributed by atoms with Gasteiger partial charge in [0.25, 0.3) is 0 Å². The van der Waals surface area contributed by atoms with Gasteiger partial charge >= 0.3 is 251 Å². The fraction of sp³-hybridized carbons (Fsp3) is 0.200. The van der Waals surface area contributed by atoms with Crippen LogP contribution in [0.4, 0.5) is 0 Å². The van der Waals surface area contributed by atoms with Crippen LogP contribution < -0.4 is 0 Å². The van der Waals surface area contributed by atoms with Crippen molar-refractivity contribution in [2.24, 2.45) is 0 Å². The van der Waals surface area contributed by atoms with Crippen LogP contribution in [-0.4, -0.2) is 9.52 Å². The second-order valence-electron chi connectivity index (χ2n) is 12.1. The number of hydrogen-bond acceptors (Lipinski definition) is 0. The molecule has 1 heterocycles. The van der Waals surface area contributed by atoms with Crippen molar-refractivity contribution in [3.63, 3.8) is 0 Å². The maximum absolute atomic E-state index is 6.24. The molecule has 2 atom stereocenters. The zero-order valence-corrected chi connectivity index (χ0v) is 29.0. The number of allylic oxidation sites excluding steroid dienone is 2. The third kappa shape index (κ3) is 4.62. The molecule has 194 valence electrons. The fourth-order valence-corrected chi connectivity index (χ4v) is 28.4. The molecule has 0 spiro atoms. The summed E-state index contributed by atoms with van der Waals surface area (Å²) >= 11 is 9.89. The summed E-state index contributed by atoms with van der Waals surface area (Å²) in [5, 5.41) is 5.14. The van der Waals surface area contributed by atoms with Crippen molar-refractivity contribution in [2.45, 2.75) is 36.0 Å². The fourth-order valence-electron chi connectivity index (χ4n) is 7.49. The van der Waals surface area contributed by atoms with E-state index in [-0.39, 0.29) is 0 Å². The van der Waals surface area contributed by atoms with E-state index in [0.717, 1.165) is 10.0 Å². The predicted molar refractivity (Wildman–Crippen MR) is 170 cm³/mol. The van der Waals surface area contributed by atoms with E-state index < -0.39 is 29.5 Å². The van der Waals surface area contributed by atoms with Crippen LogP contribution in [0.2, 0.25) is 23.6 Å². The van der Waals surface area contributed by atoms with Crippen molar-refractivity contribution in [3.05, 3.63) is 128 Å². The second kappa shape index (κ2) is 10.1. The van der Waals surface area contributed by atoms with Crippen LogP contribution >= 0.6 is 23.2 Å². The third-order valence-corrected chi connectivity index (χ3v) is 27.3. The minimum absolute atomic E-state index is 0.578. The molecule has 0 bridgehead atoms. The van der Waals surface area contributed by atoms with Crippen LogP contribution in [0.15, 0.2) is 95.3 Å². The molecule has 4 aromatic rings. The summed E-state index contributed by atoms with van der Waals surface area (Å²) in [7, 11) is -0.578. The first-order valence-corrected chi connectivity index (χ1v) is 28.0. The van der Waals surface area contributed by atoms with Crippen molar-refractivity contribution in [2.75, 3.05) is 0 Å². The summed E-state index contributed by atoms with van der Waals surface area (Å²) < 4.78 is 7.63. The van der Waals surface area contributed by atoms with Crippen LogP contribution in [-0.2, 0) is 20.0 Å². The number of rotatable bonds is 2. The van der Waals surface area contributed by atoms with Gasteiger partial charge in [0.15, 0.2) is 0 Å². The molecule has 0 aromatic heterocycles. The molecule has 4 heteroatoms. The molecule has 3 aliphatic rings. The van der Waals surface area contributed by atoms with Crippen molar-refractivity contribution in [1.29, 1.82) is 0 Å². The number of halogens is 2.